The third-order valence-corrected chi connectivity index (χ3v) is 6.44. The number of alkyl halides is 6. The topological polar surface area (TPSA) is 57.2 Å². The Kier molecular flexibility index (Phi) is 12.0. The van der Waals surface area contributed by atoms with Gasteiger partial charge in [-0.3, -0.25) is 0 Å². The average Bonchev–Trinajstić information content (AvgIpc) is 2.76. The van der Waals surface area contributed by atoms with E-state index in [0.29, 0.717) is 10.8 Å². The van der Waals surface area contributed by atoms with Gasteiger partial charge in [0.15, 0.2) is 6.17 Å². The SMILES string of the molecule is CC(C)(C)c1ccccc1.CC(C)(C)c1ccccc1.O=S(=O)([O-])C1(F)C=CC(F)C(F)(F)C1(F)F.[IH2+]. The van der Waals surface area contributed by atoms with Crippen molar-refractivity contribution in [3.63, 3.8) is 0 Å². The Labute approximate surface area is 232 Å². The number of allylic oxidation sites excluding steroid dienone is 1. The number of halogens is 7. The first-order valence-corrected chi connectivity index (χ1v) is 12.3. The highest BCUT2D eigenvalue weighted by Gasteiger charge is 2.76. The summed E-state index contributed by atoms with van der Waals surface area (Å²) in [5.41, 5.74) is 3.38. The monoisotopic (exact) mass is 666 g/mol. The van der Waals surface area contributed by atoms with Gasteiger partial charge in [-0.25, -0.2) is 17.2 Å². The van der Waals surface area contributed by atoms with Crippen molar-refractivity contribution in [2.75, 3.05) is 0 Å². The molecule has 0 radical (unpaired) electrons. The molecule has 1 aliphatic carbocycles. The maximum atomic E-state index is 13.1. The van der Waals surface area contributed by atoms with Crippen LogP contribution in [0.1, 0.15) is 52.7 Å². The highest BCUT2D eigenvalue weighted by Crippen LogP contribution is 2.53. The Balaban J connectivity index is 0.000000541. The molecule has 1 aliphatic rings. The third kappa shape index (κ3) is 8.44. The highest BCUT2D eigenvalue weighted by molar-refractivity contribution is 7.87. The molecule has 0 fully saturated rings. The molecule has 0 aliphatic heterocycles. The molecular weight excluding hydrogens is 633 g/mol. The van der Waals surface area contributed by atoms with Crippen LogP contribution in [0.4, 0.5) is 26.3 Å². The molecule has 11 heteroatoms. The molecule has 3 rings (SSSR count). The molecule has 2 atom stereocenters. The maximum absolute atomic E-state index is 13.1. The lowest BCUT2D eigenvalue weighted by molar-refractivity contribution is -0.264. The van der Waals surface area contributed by atoms with E-state index in [1.54, 1.807) is 0 Å². The maximum Gasteiger partial charge on any atom is 0.363 e. The first-order chi connectivity index (χ1) is 16.1. The Hall–Kier alpha value is -1.60. The Bertz CT molecular complexity index is 1060. The Morgan fingerprint density at radius 2 is 1.05 bits per heavy atom. The van der Waals surface area contributed by atoms with Crippen LogP contribution in [0.15, 0.2) is 72.8 Å². The zero-order chi connectivity index (χ0) is 28.2. The molecule has 0 saturated carbocycles. The summed E-state index contributed by atoms with van der Waals surface area (Å²) in [6.45, 7) is 13.3. The van der Waals surface area contributed by atoms with Gasteiger partial charge in [-0.15, -0.1) is 0 Å². The van der Waals surface area contributed by atoms with Crippen LogP contribution in [0.2, 0.25) is 0 Å². The minimum absolute atomic E-state index is 0. The molecular formula is C26H33F6IO3S. The third-order valence-electron chi connectivity index (χ3n) is 5.32. The van der Waals surface area contributed by atoms with Crippen molar-refractivity contribution >= 4 is 10.1 Å². The summed E-state index contributed by atoms with van der Waals surface area (Å²) >= 11 is 0. The summed E-state index contributed by atoms with van der Waals surface area (Å²) in [5, 5.41) is -5.16. The molecule has 0 bridgehead atoms. The Morgan fingerprint density at radius 3 is 1.30 bits per heavy atom. The van der Waals surface area contributed by atoms with E-state index in [0.717, 1.165) is 0 Å². The van der Waals surface area contributed by atoms with Crippen molar-refractivity contribution in [2.45, 2.75) is 75.4 Å². The standard InChI is InChI=1S/2C10H14.C6H4F6O3S.H2I/c2*1-10(2,3)9-7-5-4-6-8-9;7-3-1-2-4(8,16(13,14)15)6(11,12)5(3,9)10;/h2*4-8H,1-3H3;1-3H,(H,13,14,15);1H2/q;;;+1/p-1. The van der Waals surface area contributed by atoms with Crippen LogP contribution >= 0.6 is 0 Å². The fraction of sp³-hybridized carbons (Fsp3) is 0.462. The predicted molar refractivity (Wildman–Crippen MR) is 131 cm³/mol. The zero-order valence-electron chi connectivity index (χ0n) is 21.4. The molecule has 2 aromatic carbocycles. The van der Waals surface area contributed by atoms with Crippen LogP contribution in [-0.2, 0) is 20.9 Å². The molecule has 0 amide bonds. The van der Waals surface area contributed by atoms with E-state index in [1.807, 2.05) is 0 Å². The van der Waals surface area contributed by atoms with Crippen molar-refractivity contribution < 1.29 is 63.3 Å². The van der Waals surface area contributed by atoms with Gasteiger partial charge in [0.1, 0.15) is 10.1 Å². The fourth-order valence-electron chi connectivity index (χ4n) is 2.95. The van der Waals surface area contributed by atoms with Crippen LogP contribution < -0.4 is 24.0 Å². The van der Waals surface area contributed by atoms with Crippen LogP contribution in [0, 0.1) is 0 Å². The van der Waals surface area contributed by atoms with E-state index in [2.05, 4.69) is 102 Å². The van der Waals surface area contributed by atoms with Crippen molar-refractivity contribution in [3.8, 4) is 0 Å². The second kappa shape index (κ2) is 12.5. The molecule has 3 nitrogen and oxygen atoms in total. The van der Waals surface area contributed by atoms with E-state index in [-0.39, 0.29) is 24.0 Å². The van der Waals surface area contributed by atoms with E-state index < -0.39 is 45.3 Å². The molecule has 210 valence electrons. The van der Waals surface area contributed by atoms with E-state index in [4.69, 9.17) is 0 Å². The molecule has 0 aromatic heterocycles. The van der Waals surface area contributed by atoms with Crippen molar-refractivity contribution in [1.82, 2.24) is 0 Å². The van der Waals surface area contributed by atoms with Gasteiger partial charge in [-0.2, -0.15) is 17.6 Å². The van der Waals surface area contributed by atoms with Gasteiger partial charge in [0, 0.05) is 0 Å². The summed E-state index contributed by atoms with van der Waals surface area (Å²) in [7, 11) is -6.43. The van der Waals surface area contributed by atoms with Crippen molar-refractivity contribution in [2.24, 2.45) is 0 Å². The summed E-state index contributed by atoms with van der Waals surface area (Å²) < 4.78 is 107. The smallest absolute Gasteiger partial charge is 0.363 e. The molecule has 2 unspecified atom stereocenters. The minimum Gasteiger partial charge on any atom is -0.745 e. The molecule has 0 N–H and O–H groups in total. The lowest BCUT2D eigenvalue weighted by Gasteiger charge is -2.40. The van der Waals surface area contributed by atoms with Crippen LogP contribution in [0.25, 0.3) is 0 Å². The lowest BCUT2D eigenvalue weighted by Crippen LogP contribution is -3.00. The molecule has 0 saturated heterocycles. The second-order valence-corrected chi connectivity index (χ2v) is 11.8. The summed E-state index contributed by atoms with van der Waals surface area (Å²) in [4.78, 5) is 0. The van der Waals surface area contributed by atoms with E-state index in [9.17, 15) is 39.3 Å². The van der Waals surface area contributed by atoms with Gasteiger partial charge in [-0.1, -0.05) is 102 Å². The van der Waals surface area contributed by atoms with Gasteiger partial charge in [-0.05, 0) is 34.1 Å². The van der Waals surface area contributed by atoms with Gasteiger partial charge in [0.2, 0.25) is 24.0 Å². The minimum atomic E-state index is -6.43. The lowest BCUT2D eigenvalue weighted by atomic mass is 9.87. The van der Waals surface area contributed by atoms with Crippen molar-refractivity contribution in [1.29, 1.82) is 0 Å². The normalized spacial score (nSPS) is 22.4. The average molecular weight is 667 g/mol. The first kappa shape index (κ1) is 35.4. The quantitative estimate of drug-likeness (QED) is 0.202. The zero-order valence-corrected chi connectivity index (χ0v) is 24.7. The second-order valence-electron chi connectivity index (χ2n) is 10.3. The molecule has 0 heterocycles. The van der Waals surface area contributed by atoms with Gasteiger partial charge < -0.3 is 4.55 Å². The molecule has 0 spiro atoms. The fourth-order valence-corrected chi connectivity index (χ4v) is 3.65. The highest BCUT2D eigenvalue weighted by atomic mass is 127. The predicted octanol–water partition coefficient (Wildman–Crippen LogP) is 3.81. The van der Waals surface area contributed by atoms with Crippen LogP contribution in [0.5, 0.6) is 0 Å². The largest absolute Gasteiger partial charge is 0.745 e. The van der Waals surface area contributed by atoms with Crippen LogP contribution in [-0.4, -0.2) is 36.0 Å². The number of rotatable bonds is 1. The van der Waals surface area contributed by atoms with Crippen LogP contribution in [0.3, 0.4) is 0 Å². The van der Waals surface area contributed by atoms with Crippen molar-refractivity contribution in [3.05, 3.63) is 83.9 Å². The van der Waals surface area contributed by atoms with E-state index in [1.165, 1.54) is 11.1 Å². The van der Waals surface area contributed by atoms with E-state index >= 15 is 0 Å². The summed E-state index contributed by atoms with van der Waals surface area (Å²) in [6.07, 6.45) is -4.70. The number of hydrogen-bond acceptors (Lipinski definition) is 3. The first-order valence-electron chi connectivity index (χ1n) is 10.9. The number of benzene rings is 2. The van der Waals surface area contributed by atoms with Gasteiger partial charge in [0.25, 0.3) is 5.00 Å². The van der Waals surface area contributed by atoms with Gasteiger partial charge >= 0.3 is 11.8 Å². The summed E-state index contributed by atoms with van der Waals surface area (Å²) in [5.74, 6) is -11.6. The molecule has 2 aromatic rings. The summed E-state index contributed by atoms with van der Waals surface area (Å²) in [6, 6.07) is 21.1. The number of hydrogen-bond donors (Lipinski definition) is 0. The Morgan fingerprint density at radius 1 is 0.730 bits per heavy atom. The van der Waals surface area contributed by atoms with Gasteiger partial charge in [0.05, 0.1) is 0 Å². The molecule has 37 heavy (non-hydrogen) atoms.